The molecule has 0 aromatic carbocycles. The number of aromatic amines is 1. The Morgan fingerprint density at radius 3 is 2.67 bits per heavy atom. The summed E-state index contributed by atoms with van der Waals surface area (Å²) in [4.78, 5) is 14.2. The van der Waals surface area contributed by atoms with Crippen molar-refractivity contribution in [1.29, 1.82) is 0 Å². The van der Waals surface area contributed by atoms with E-state index in [1.165, 1.54) is 0 Å². The van der Waals surface area contributed by atoms with Gasteiger partial charge in [-0.25, -0.2) is 0 Å². The molecule has 0 fully saturated rings. The summed E-state index contributed by atoms with van der Waals surface area (Å²) in [5.41, 5.74) is 0.872. The van der Waals surface area contributed by atoms with Gasteiger partial charge in [0.25, 0.3) is 0 Å². The van der Waals surface area contributed by atoms with Crippen LogP contribution in [-0.2, 0) is 11.2 Å². The van der Waals surface area contributed by atoms with E-state index in [2.05, 4.69) is 4.98 Å². The van der Waals surface area contributed by atoms with Crippen LogP contribution in [0, 0.1) is 0 Å². The standard InChI is InChI=1S/C9H11F3N2O/c1-14(8(15)9(10,11)12)5-3-7-2-4-13-6-7/h2,4,6,13H,3,5H2,1H3. The summed E-state index contributed by atoms with van der Waals surface area (Å²) < 4.78 is 35.9. The zero-order valence-corrected chi connectivity index (χ0v) is 8.14. The molecule has 0 bridgehead atoms. The highest BCUT2D eigenvalue weighted by Crippen LogP contribution is 2.17. The molecule has 0 aliphatic carbocycles. The molecule has 1 heterocycles. The van der Waals surface area contributed by atoms with E-state index in [-0.39, 0.29) is 6.54 Å². The molecule has 0 atom stereocenters. The van der Waals surface area contributed by atoms with Crippen molar-refractivity contribution >= 4 is 5.91 Å². The number of halogens is 3. The van der Waals surface area contributed by atoms with Gasteiger partial charge in [-0.2, -0.15) is 13.2 Å². The summed E-state index contributed by atoms with van der Waals surface area (Å²) in [6, 6.07) is 1.76. The number of hydrogen-bond acceptors (Lipinski definition) is 1. The van der Waals surface area contributed by atoms with Crippen molar-refractivity contribution in [2.45, 2.75) is 12.6 Å². The summed E-state index contributed by atoms with van der Waals surface area (Å²) in [7, 11) is 1.14. The number of hydrogen-bond donors (Lipinski definition) is 1. The predicted molar refractivity (Wildman–Crippen MR) is 48.2 cm³/mol. The molecule has 1 rings (SSSR count). The minimum absolute atomic E-state index is 0.0518. The molecular formula is C9H11F3N2O. The lowest BCUT2D eigenvalue weighted by molar-refractivity contribution is -0.184. The lowest BCUT2D eigenvalue weighted by Gasteiger charge is -2.17. The number of rotatable bonds is 3. The second kappa shape index (κ2) is 4.37. The Morgan fingerprint density at radius 1 is 1.53 bits per heavy atom. The maximum Gasteiger partial charge on any atom is 0.471 e. The minimum atomic E-state index is -4.78. The molecule has 6 heteroatoms. The first kappa shape index (κ1) is 11.6. The number of nitrogens with one attached hydrogen (secondary N) is 1. The summed E-state index contributed by atoms with van der Waals surface area (Å²) in [6.07, 6.45) is -1.01. The van der Waals surface area contributed by atoms with Crippen LogP contribution < -0.4 is 0 Å². The number of carbonyl (C=O) groups excluding carboxylic acids is 1. The summed E-state index contributed by atoms with van der Waals surface area (Å²) in [5, 5.41) is 0. The van der Waals surface area contributed by atoms with Gasteiger partial charge in [0.15, 0.2) is 0 Å². The van der Waals surface area contributed by atoms with Crippen molar-refractivity contribution in [3.05, 3.63) is 24.0 Å². The third-order valence-corrected chi connectivity index (χ3v) is 1.99. The molecule has 0 saturated carbocycles. The van der Waals surface area contributed by atoms with E-state index >= 15 is 0 Å². The van der Waals surface area contributed by atoms with Crippen molar-refractivity contribution in [2.24, 2.45) is 0 Å². The number of nitrogens with zero attached hydrogens (tertiary/aromatic N) is 1. The number of amides is 1. The molecule has 15 heavy (non-hydrogen) atoms. The highest BCUT2D eigenvalue weighted by Gasteiger charge is 2.40. The van der Waals surface area contributed by atoms with Crippen LogP contribution >= 0.6 is 0 Å². The van der Waals surface area contributed by atoms with Crippen LogP contribution in [0.1, 0.15) is 5.56 Å². The topological polar surface area (TPSA) is 36.1 Å². The second-order valence-corrected chi connectivity index (χ2v) is 3.19. The van der Waals surface area contributed by atoms with Gasteiger partial charge in [-0.15, -0.1) is 0 Å². The smallest absolute Gasteiger partial charge is 0.367 e. The molecule has 1 amide bonds. The largest absolute Gasteiger partial charge is 0.471 e. The van der Waals surface area contributed by atoms with Gasteiger partial charge in [0.05, 0.1) is 0 Å². The van der Waals surface area contributed by atoms with Crippen molar-refractivity contribution in [3.63, 3.8) is 0 Å². The summed E-state index contributed by atoms with van der Waals surface area (Å²) >= 11 is 0. The number of H-pyrrole nitrogens is 1. The van der Waals surface area contributed by atoms with E-state index in [0.717, 1.165) is 12.6 Å². The van der Waals surface area contributed by atoms with Gasteiger partial charge >= 0.3 is 12.1 Å². The molecule has 0 unspecified atom stereocenters. The van der Waals surface area contributed by atoms with Gasteiger partial charge in [-0.3, -0.25) is 4.79 Å². The van der Waals surface area contributed by atoms with Gasteiger partial charge in [-0.05, 0) is 18.1 Å². The summed E-state index contributed by atoms with van der Waals surface area (Å²) in [6.45, 7) is 0.0518. The molecule has 0 aliphatic rings. The Balaban J connectivity index is 2.43. The molecule has 1 N–H and O–H groups in total. The summed E-state index contributed by atoms with van der Waals surface area (Å²) in [5.74, 6) is -1.81. The van der Waals surface area contributed by atoms with Crippen LogP contribution in [0.15, 0.2) is 18.5 Å². The minimum Gasteiger partial charge on any atom is -0.367 e. The molecule has 1 aromatic rings. The van der Waals surface area contributed by atoms with Crippen LogP contribution in [0.3, 0.4) is 0 Å². The van der Waals surface area contributed by atoms with E-state index in [9.17, 15) is 18.0 Å². The van der Waals surface area contributed by atoms with E-state index in [1.54, 1.807) is 18.5 Å². The van der Waals surface area contributed by atoms with Gasteiger partial charge in [0.1, 0.15) is 0 Å². The Labute approximate surface area is 84.9 Å². The molecule has 0 saturated heterocycles. The van der Waals surface area contributed by atoms with E-state index in [1.807, 2.05) is 0 Å². The quantitative estimate of drug-likeness (QED) is 0.824. The number of likely N-dealkylation sites (N-methyl/N-ethyl adjacent to an activating group) is 1. The fourth-order valence-electron chi connectivity index (χ4n) is 1.13. The van der Waals surface area contributed by atoms with Crippen molar-refractivity contribution in [2.75, 3.05) is 13.6 Å². The average molecular weight is 220 g/mol. The van der Waals surface area contributed by atoms with Gasteiger partial charge < -0.3 is 9.88 Å². The Kier molecular flexibility index (Phi) is 3.39. The Morgan fingerprint density at radius 2 is 2.20 bits per heavy atom. The highest BCUT2D eigenvalue weighted by atomic mass is 19.4. The maximum absolute atomic E-state index is 12.0. The van der Waals surface area contributed by atoms with Crippen LogP contribution in [0.5, 0.6) is 0 Å². The second-order valence-electron chi connectivity index (χ2n) is 3.19. The van der Waals surface area contributed by atoms with Gasteiger partial charge in [0, 0.05) is 26.0 Å². The van der Waals surface area contributed by atoms with Crippen LogP contribution in [0.2, 0.25) is 0 Å². The zero-order valence-electron chi connectivity index (χ0n) is 8.14. The van der Waals surface area contributed by atoms with Crippen molar-refractivity contribution < 1.29 is 18.0 Å². The molecular weight excluding hydrogens is 209 g/mol. The Bertz CT molecular complexity index is 319. The first-order chi connectivity index (χ1) is 6.91. The molecule has 0 radical (unpaired) electrons. The number of alkyl halides is 3. The molecule has 0 aliphatic heterocycles. The first-order valence-corrected chi connectivity index (χ1v) is 4.35. The number of carbonyl (C=O) groups is 1. The lowest BCUT2D eigenvalue weighted by Crippen LogP contribution is -2.39. The Hall–Kier alpha value is -1.46. The molecule has 1 aromatic heterocycles. The van der Waals surface area contributed by atoms with Crippen molar-refractivity contribution in [3.8, 4) is 0 Å². The highest BCUT2D eigenvalue weighted by molar-refractivity contribution is 5.81. The van der Waals surface area contributed by atoms with Gasteiger partial charge in [0.2, 0.25) is 0 Å². The molecule has 84 valence electrons. The van der Waals surface area contributed by atoms with E-state index < -0.39 is 12.1 Å². The zero-order chi connectivity index (χ0) is 11.5. The van der Waals surface area contributed by atoms with Crippen LogP contribution in [-0.4, -0.2) is 35.6 Å². The lowest BCUT2D eigenvalue weighted by atomic mass is 10.2. The van der Waals surface area contributed by atoms with Crippen LogP contribution in [0.25, 0.3) is 0 Å². The SMILES string of the molecule is CN(CCc1cc[nH]c1)C(=O)C(F)(F)F. The van der Waals surface area contributed by atoms with Gasteiger partial charge in [-0.1, -0.05) is 0 Å². The molecule has 3 nitrogen and oxygen atoms in total. The first-order valence-electron chi connectivity index (χ1n) is 4.35. The fourth-order valence-corrected chi connectivity index (χ4v) is 1.13. The average Bonchev–Trinajstić information content (AvgIpc) is 2.63. The third-order valence-electron chi connectivity index (χ3n) is 1.99. The van der Waals surface area contributed by atoms with E-state index in [4.69, 9.17) is 0 Å². The third kappa shape index (κ3) is 3.30. The van der Waals surface area contributed by atoms with Crippen LogP contribution in [0.4, 0.5) is 13.2 Å². The van der Waals surface area contributed by atoms with Crippen molar-refractivity contribution in [1.82, 2.24) is 9.88 Å². The number of aromatic nitrogens is 1. The predicted octanol–water partition coefficient (Wildman–Crippen LogP) is 1.58. The molecule has 0 spiro atoms. The fraction of sp³-hybridized carbons (Fsp3) is 0.444. The monoisotopic (exact) mass is 220 g/mol. The maximum atomic E-state index is 12.0. The normalized spacial score (nSPS) is 11.5. The van der Waals surface area contributed by atoms with E-state index in [0.29, 0.717) is 11.3 Å².